The van der Waals surface area contributed by atoms with Gasteiger partial charge in [0.1, 0.15) is 18.2 Å². The first-order valence-corrected chi connectivity index (χ1v) is 9.16. The van der Waals surface area contributed by atoms with Gasteiger partial charge in [0, 0.05) is 13.0 Å². The monoisotopic (exact) mass is 387 g/mol. The fourth-order valence-corrected chi connectivity index (χ4v) is 3.16. The van der Waals surface area contributed by atoms with Crippen LogP contribution in [-0.4, -0.2) is 48.1 Å². The summed E-state index contributed by atoms with van der Waals surface area (Å²) in [6.45, 7) is 2.03. The van der Waals surface area contributed by atoms with Crippen LogP contribution in [0.5, 0.6) is 0 Å². The molecular formula is C20H25N3O5. The summed E-state index contributed by atoms with van der Waals surface area (Å²) in [5, 5.41) is 11.5. The van der Waals surface area contributed by atoms with Gasteiger partial charge < -0.3 is 14.8 Å². The summed E-state index contributed by atoms with van der Waals surface area (Å²) in [6.07, 6.45) is 0.762. The lowest BCUT2D eigenvalue weighted by Crippen LogP contribution is -2.57. The molecule has 8 heteroatoms. The maximum atomic E-state index is 12.8. The lowest BCUT2D eigenvalue weighted by atomic mass is 9.95. The smallest absolute Gasteiger partial charge is 0.410 e. The van der Waals surface area contributed by atoms with Crippen LogP contribution >= 0.6 is 0 Å². The van der Waals surface area contributed by atoms with Gasteiger partial charge in [-0.25, -0.2) is 9.59 Å². The number of nitriles is 1. The van der Waals surface area contributed by atoms with Crippen LogP contribution in [0.2, 0.25) is 0 Å². The Bertz CT molecular complexity index is 746. The van der Waals surface area contributed by atoms with Gasteiger partial charge in [-0.2, -0.15) is 5.26 Å². The van der Waals surface area contributed by atoms with Crippen LogP contribution in [0.15, 0.2) is 30.3 Å². The Morgan fingerprint density at radius 3 is 2.68 bits per heavy atom. The molecule has 1 aliphatic rings. The molecular weight excluding hydrogens is 362 g/mol. The number of amides is 2. The first-order valence-electron chi connectivity index (χ1n) is 9.16. The van der Waals surface area contributed by atoms with E-state index in [0.29, 0.717) is 19.4 Å². The van der Waals surface area contributed by atoms with Gasteiger partial charge in [0.15, 0.2) is 0 Å². The number of rotatable bonds is 7. The molecule has 0 aliphatic carbocycles. The summed E-state index contributed by atoms with van der Waals surface area (Å²) in [5.41, 5.74) is -0.477. The molecule has 0 radical (unpaired) electrons. The van der Waals surface area contributed by atoms with Crippen LogP contribution in [-0.2, 0) is 25.7 Å². The second kappa shape index (κ2) is 9.74. The van der Waals surface area contributed by atoms with Crippen LogP contribution in [0.4, 0.5) is 4.79 Å². The van der Waals surface area contributed by atoms with E-state index in [9.17, 15) is 14.4 Å². The number of ether oxygens (including phenoxy) is 2. The Morgan fingerprint density at radius 1 is 1.32 bits per heavy atom. The van der Waals surface area contributed by atoms with Gasteiger partial charge in [-0.3, -0.25) is 9.69 Å². The van der Waals surface area contributed by atoms with Crippen molar-refractivity contribution >= 4 is 18.0 Å². The number of benzene rings is 1. The van der Waals surface area contributed by atoms with E-state index in [1.165, 1.54) is 18.9 Å². The summed E-state index contributed by atoms with van der Waals surface area (Å²) in [4.78, 5) is 38.7. The molecule has 2 amide bonds. The molecule has 0 saturated carbocycles. The molecule has 1 aromatic rings. The van der Waals surface area contributed by atoms with Crippen LogP contribution < -0.4 is 5.32 Å². The molecule has 1 aromatic carbocycles. The first-order chi connectivity index (χ1) is 13.4. The highest BCUT2D eigenvalue weighted by Gasteiger charge is 2.41. The summed E-state index contributed by atoms with van der Waals surface area (Å²) < 4.78 is 10.1. The van der Waals surface area contributed by atoms with E-state index in [0.717, 1.165) is 5.56 Å². The zero-order valence-electron chi connectivity index (χ0n) is 16.1. The van der Waals surface area contributed by atoms with E-state index in [4.69, 9.17) is 14.7 Å². The highest BCUT2D eigenvalue weighted by Crippen LogP contribution is 2.22. The molecule has 1 saturated heterocycles. The topological polar surface area (TPSA) is 109 Å². The number of nitrogens with zero attached hydrogens (tertiary/aromatic N) is 2. The SMILES string of the molecule is COC(=O)[C@@](C)(CCC#N)NC(=O)[C@H]1CCCN1C(=O)OCc1ccccc1. The molecule has 1 aliphatic heterocycles. The standard InChI is InChI=1S/C20H25N3O5/c1-20(11-7-12-21,18(25)27-2)22-17(24)16-10-6-13-23(16)19(26)28-14-15-8-4-3-5-9-15/h3-5,8-9,16H,6-7,10-11,13-14H2,1-2H3,(H,22,24)/t16-,20-/m1/s1. The summed E-state index contributed by atoms with van der Waals surface area (Å²) in [6, 6.07) is 10.5. The second-order valence-corrected chi connectivity index (χ2v) is 6.86. The van der Waals surface area contributed by atoms with Gasteiger partial charge in [0.05, 0.1) is 13.2 Å². The maximum Gasteiger partial charge on any atom is 0.410 e. The first kappa shape index (κ1) is 21.2. The van der Waals surface area contributed by atoms with Gasteiger partial charge in [-0.1, -0.05) is 30.3 Å². The van der Waals surface area contributed by atoms with Crippen molar-refractivity contribution in [3.63, 3.8) is 0 Å². The predicted octanol–water partition coefficient (Wildman–Crippen LogP) is 2.14. The Hall–Kier alpha value is -3.08. The summed E-state index contributed by atoms with van der Waals surface area (Å²) >= 11 is 0. The Kier molecular flexibility index (Phi) is 7.38. The van der Waals surface area contributed by atoms with Crippen LogP contribution in [0.3, 0.4) is 0 Å². The number of nitrogens with one attached hydrogen (secondary N) is 1. The highest BCUT2D eigenvalue weighted by molar-refractivity contribution is 5.92. The van der Waals surface area contributed by atoms with Crippen molar-refractivity contribution in [3.05, 3.63) is 35.9 Å². The molecule has 0 spiro atoms. The lowest BCUT2D eigenvalue weighted by Gasteiger charge is -2.30. The normalized spacial score (nSPS) is 17.9. The molecule has 2 rings (SSSR count). The number of methoxy groups -OCH3 is 1. The van der Waals surface area contributed by atoms with E-state index in [-0.39, 0.29) is 19.4 Å². The van der Waals surface area contributed by atoms with Gasteiger partial charge in [0.2, 0.25) is 5.91 Å². The molecule has 0 aromatic heterocycles. The third kappa shape index (κ3) is 5.22. The van der Waals surface area contributed by atoms with Crippen molar-refractivity contribution in [1.29, 1.82) is 5.26 Å². The van der Waals surface area contributed by atoms with Crippen molar-refractivity contribution in [2.75, 3.05) is 13.7 Å². The van der Waals surface area contributed by atoms with E-state index in [1.54, 1.807) is 0 Å². The van der Waals surface area contributed by atoms with E-state index >= 15 is 0 Å². The summed E-state index contributed by atoms with van der Waals surface area (Å²) in [7, 11) is 1.22. The number of esters is 1. The third-order valence-corrected chi connectivity index (χ3v) is 4.77. The number of hydrogen-bond donors (Lipinski definition) is 1. The summed E-state index contributed by atoms with van der Waals surface area (Å²) in [5.74, 6) is -1.09. The van der Waals surface area contributed by atoms with Crippen molar-refractivity contribution in [1.82, 2.24) is 10.2 Å². The van der Waals surface area contributed by atoms with Gasteiger partial charge in [-0.05, 0) is 31.7 Å². The number of likely N-dealkylation sites (tertiary alicyclic amines) is 1. The molecule has 1 N–H and O–H groups in total. The van der Waals surface area contributed by atoms with Crippen molar-refractivity contribution in [2.24, 2.45) is 0 Å². The Balaban J connectivity index is 2.01. The molecule has 8 nitrogen and oxygen atoms in total. The van der Waals surface area contributed by atoms with Crippen molar-refractivity contribution < 1.29 is 23.9 Å². The van der Waals surface area contributed by atoms with E-state index in [1.807, 2.05) is 36.4 Å². The third-order valence-electron chi connectivity index (χ3n) is 4.77. The van der Waals surface area contributed by atoms with E-state index < -0.39 is 29.6 Å². The number of hydrogen-bond acceptors (Lipinski definition) is 6. The lowest BCUT2D eigenvalue weighted by molar-refractivity contribution is -0.151. The molecule has 1 heterocycles. The highest BCUT2D eigenvalue weighted by atomic mass is 16.6. The quantitative estimate of drug-likeness (QED) is 0.718. The predicted molar refractivity (Wildman–Crippen MR) is 99.8 cm³/mol. The minimum atomic E-state index is -1.33. The molecule has 150 valence electrons. The van der Waals surface area contributed by atoms with Gasteiger partial charge >= 0.3 is 12.1 Å². The van der Waals surface area contributed by atoms with Crippen molar-refractivity contribution in [3.8, 4) is 6.07 Å². The average Bonchev–Trinajstić information content (AvgIpc) is 3.20. The molecule has 2 atom stereocenters. The molecule has 0 bridgehead atoms. The zero-order chi connectivity index (χ0) is 20.6. The Labute approximate surface area is 164 Å². The maximum absolute atomic E-state index is 12.8. The largest absolute Gasteiger partial charge is 0.467 e. The second-order valence-electron chi connectivity index (χ2n) is 6.86. The van der Waals surface area contributed by atoms with Crippen LogP contribution in [0.25, 0.3) is 0 Å². The fourth-order valence-electron chi connectivity index (χ4n) is 3.16. The van der Waals surface area contributed by atoms with Crippen LogP contribution in [0.1, 0.15) is 38.2 Å². The average molecular weight is 387 g/mol. The fraction of sp³-hybridized carbons (Fsp3) is 0.500. The van der Waals surface area contributed by atoms with Crippen LogP contribution in [0, 0.1) is 11.3 Å². The minimum absolute atomic E-state index is 0.0827. The molecule has 0 unspecified atom stereocenters. The minimum Gasteiger partial charge on any atom is -0.467 e. The molecule has 1 fully saturated rings. The zero-order valence-corrected chi connectivity index (χ0v) is 16.1. The molecule has 28 heavy (non-hydrogen) atoms. The van der Waals surface area contributed by atoms with Crippen molar-refractivity contribution in [2.45, 2.75) is 50.8 Å². The van der Waals surface area contributed by atoms with Gasteiger partial charge in [-0.15, -0.1) is 0 Å². The van der Waals surface area contributed by atoms with Gasteiger partial charge in [0.25, 0.3) is 0 Å². The van der Waals surface area contributed by atoms with E-state index in [2.05, 4.69) is 5.32 Å². The Morgan fingerprint density at radius 2 is 2.04 bits per heavy atom. The number of carbonyl (C=O) groups is 3. The number of carbonyl (C=O) groups excluding carboxylic acids is 3.